The average molecular weight is 179 g/mol. The molecule has 5 heteroatoms. The van der Waals surface area contributed by atoms with Crippen molar-refractivity contribution in [1.29, 1.82) is 0 Å². The first-order valence-corrected chi connectivity index (χ1v) is 3.86. The van der Waals surface area contributed by atoms with Crippen molar-refractivity contribution < 1.29 is 18.3 Å². The second-order valence-corrected chi connectivity index (χ2v) is 2.72. The van der Waals surface area contributed by atoms with Gasteiger partial charge in [-0.15, -0.1) is 0 Å². The predicted molar refractivity (Wildman–Crippen MR) is 38.0 cm³/mol. The van der Waals surface area contributed by atoms with Crippen LogP contribution in [0.3, 0.4) is 0 Å². The van der Waals surface area contributed by atoms with Gasteiger partial charge in [0.15, 0.2) is 0 Å². The van der Waals surface area contributed by atoms with Crippen LogP contribution >= 0.6 is 0 Å². The lowest BCUT2D eigenvalue weighted by atomic mass is 10.1. The SMILES string of the molecule is O=C(NC1CCCOC1)C(F)F. The molecule has 1 amide bonds. The van der Waals surface area contributed by atoms with Gasteiger partial charge in [0.2, 0.25) is 0 Å². The van der Waals surface area contributed by atoms with Crippen LogP contribution in [0.2, 0.25) is 0 Å². The van der Waals surface area contributed by atoms with Crippen molar-refractivity contribution in [2.24, 2.45) is 0 Å². The fraction of sp³-hybridized carbons (Fsp3) is 0.857. The molecule has 0 radical (unpaired) electrons. The smallest absolute Gasteiger partial charge is 0.315 e. The zero-order valence-electron chi connectivity index (χ0n) is 6.56. The minimum atomic E-state index is -2.92. The Balaban J connectivity index is 2.24. The molecule has 1 aliphatic heterocycles. The zero-order valence-corrected chi connectivity index (χ0v) is 6.56. The van der Waals surface area contributed by atoms with Gasteiger partial charge in [0.05, 0.1) is 12.6 Å². The number of rotatable bonds is 2. The van der Waals surface area contributed by atoms with Crippen molar-refractivity contribution in [3.8, 4) is 0 Å². The quantitative estimate of drug-likeness (QED) is 0.672. The molecule has 1 unspecified atom stereocenters. The molecule has 3 nitrogen and oxygen atoms in total. The van der Waals surface area contributed by atoms with Crippen molar-refractivity contribution in [1.82, 2.24) is 5.32 Å². The molecule has 1 saturated heterocycles. The fourth-order valence-electron chi connectivity index (χ4n) is 1.12. The standard InChI is InChI=1S/C7H11F2NO2/c8-6(9)7(11)10-5-2-1-3-12-4-5/h5-6H,1-4H2,(H,10,11). The van der Waals surface area contributed by atoms with Crippen molar-refractivity contribution in [2.75, 3.05) is 13.2 Å². The van der Waals surface area contributed by atoms with Gasteiger partial charge in [0.1, 0.15) is 0 Å². The average Bonchev–Trinajstić information content (AvgIpc) is 2.06. The van der Waals surface area contributed by atoms with Crippen molar-refractivity contribution in [3.63, 3.8) is 0 Å². The molecule has 1 atom stereocenters. The summed E-state index contributed by atoms with van der Waals surface area (Å²) in [4.78, 5) is 10.5. The minimum absolute atomic E-state index is 0.236. The summed E-state index contributed by atoms with van der Waals surface area (Å²) in [5.74, 6) is -1.20. The van der Waals surface area contributed by atoms with Crippen LogP contribution in [0, 0.1) is 0 Å². The Morgan fingerprint density at radius 1 is 1.58 bits per heavy atom. The fourth-order valence-corrected chi connectivity index (χ4v) is 1.12. The molecule has 1 aliphatic rings. The van der Waals surface area contributed by atoms with Crippen molar-refractivity contribution in [2.45, 2.75) is 25.3 Å². The third-order valence-corrected chi connectivity index (χ3v) is 1.70. The molecular formula is C7H11F2NO2. The first kappa shape index (κ1) is 9.38. The van der Waals surface area contributed by atoms with E-state index in [-0.39, 0.29) is 6.04 Å². The monoisotopic (exact) mass is 179 g/mol. The van der Waals surface area contributed by atoms with E-state index in [1.165, 1.54) is 0 Å². The van der Waals surface area contributed by atoms with E-state index in [2.05, 4.69) is 5.32 Å². The third kappa shape index (κ3) is 2.73. The van der Waals surface area contributed by atoms with Gasteiger partial charge < -0.3 is 10.1 Å². The van der Waals surface area contributed by atoms with Gasteiger partial charge in [-0.1, -0.05) is 0 Å². The maximum absolute atomic E-state index is 11.7. The van der Waals surface area contributed by atoms with Crippen LogP contribution in [-0.4, -0.2) is 31.6 Å². The Hall–Kier alpha value is -0.710. The molecule has 70 valence electrons. The Labute approximate surface area is 69.1 Å². The van der Waals surface area contributed by atoms with Crippen molar-refractivity contribution in [3.05, 3.63) is 0 Å². The molecule has 1 N–H and O–H groups in total. The Morgan fingerprint density at radius 2 is 2.33 bits per heavy atom. The van der Waals surface area contributed by atoms with Gasteiger partial charge in [-0.05, 0) is 12.8 Å². The number of hydrogen-bond donors (Lipinski definition) is 1. The molecule has 0 aliphatic carbocycles. The number of hydrogen-bond acceptors (Lipinski definition) is 2. The van der Waals surface area contributed by atoms with Crippen LogP contribution < -0.4 is 5.32 Å². The van der Waals surface area contributed by atoms with Crippen LogP contribution in [-0.2, 0) is 9.53 Å². The molecule has 1 heterocycles. The Morgan fingerprint density at radius 3 is 2.83 bits per heavy atom. The van der Waals surface area contributed by atoms with E-state index in [0.29, 0.717) is 13.2 Å². The third-order valence-electron chi connectivity index (χ3n) is 1.70. The summed E-state index contributed by atoms with van der Waals surface area (Å²) in [6.07, 6.45) is -1.39. The number of ether oxygens (including phenoxy) is 1. The van der Waals surface area contributed by atoms with Crippen LogP contribution in [0.15, 0.2) is 0 Å². The number of halogens is 2. The number of carbonyl (C=O) groups is 1. The van der Waals surface area contributed by atoms with E-state index in [0.717, 1.165) is 12.8 Å². The predicted octanol–water partition coefficient (Wildman–Crippen LogP) is 0.547. The molecule has 0 saturated carbocycles. The van der Waals surface area contributed by atoms with Crippen LogP contribution in [0.4, 0.5) is 8.78 Å². The molecule has 0 aromatic carbocycles. The van der Waals surface area contributed by atoms with Crippen LogP contribution in [0.5, 0.6) is 0 Å². The molecule has 1 fully saturated rings. The summed E-state index contributed by atoms with van der Waals surface area (Å²) in [6.45, 7) is 1.000. The highest BCUT2D eigenvalue weighted by molar-refractivity contribution is 5.79. The summed E-state index contributed by atoms with van der Waals surface area (Å²) in [7, 11) is 0. The highest BCUT2D eigenvalue weighted by Gasteiger charge is 2.21. The van der Waals surface area contributed by atoms with Gasteiger partial charge in [-0.25, -0.2) is 0 Å². The molecule has 0 bridgehead atoms. The summed E-state index contributed by atoms with van der Waals surface area (Å²) < 4.78 is 28.5. The summed E-state index contributed by atoms with van der Waals surface area (Å²) >= 11 is 0. The van der Waals surface area contributed by atoms with Crippen LogP contribution in [0.25, 0.3) is 0 Å². The normalized spacial score (nSPS) is 24.1. The second kappa shape index (κ2) is 4.35. The number of alkyl halides is 2. The van der Waals surface area contributed by atoms with E-state index in [1.807, 2.05) is 0 Å². The summed E-state index contributed by atoms with van der Waals surface area (Å²) in [5.41, 5.74) is 0. The van der Waals surface area contributed by atoms with Crippen molar-refractivity contribution >= 4 is 5.91 Å². The Bertz CT molecular complexity index is 157. The largest absolute Gasteiger partial charge is 0.379 e. The topological polar surface area (TPSA) is 38.3 Å². The molecular weight excluding hydrogens is 168 g/mol. The maximum Gasteiger partial charge on any atom is 0.315 e. The minimum Gasteiger partial charge on any atom is -0.379 e. The molecule has 1 rings (SSSR count). The zero-order chi connectivity index (χ0) is 8.97. The van der Waals surface area contributed by atoms with Gasteiger partial charge in [0.25, 0.3) is 5.91 Å². The molecule has 12 heavy (non-hydrogen) atoms. The lowest BCUT2D eigenvalue weighted by molar-refractivity contribution is -0.133. The van der Waals surface area contributed by atoms with E-state index < -0.39 is 12.3 Å². The first-order valence-electron chi connectivity index (χ1n) is 3.86. The van der Waals surface area contributed by atoms with Gasteiger partial charge in [-0.2, -0.15) is 8.78 Å². The number of amides is 1. The highest BCUT2D eigenvalue weighted by Crippen LogP contribution is 2.06. The second-order valence-electron chi connectivity index (χ2n) is 2.72. The molecule has 0 aromatic heterocycles. The molecule has 0 spiro atoms. The van der Waals surface area contributed by atoms with E-state index in [1.54, 1.807) is 0 Å². The van der Waals surface area contributed by atoms with Gasteiger partial charge in [-0.3, -0.25) is 4.79 Å². The highest BCUT2D eigenvalue weighted by atomic mass is 19.3. The van der Waals surface area contributed by atoms with Crippen LogP contribution in [0.1, 0.15) is 12.8 Å². The maximum atomic E-state index is 11.7. The van der Waals surface area contributed by atoms with E-state index in [4.69, 9.17) is 4.74 Å². The molecule has 0 aromatic rings. The lowest BCUT2D eigenvalue weighted by Gasteiger charge is -2.22. The summed E-state index contributed by atoms with van der Waals surface area (Å²) in [5, 5.41) is 2.20. The Kier molecular flexibility index (Phi) is 3.40. The van der Waals surface area contributed by atoms with E-state index in [9.17, 15) is 13.6 Å². The van der Waals surface area contributed by atoms with Gasteiger partial charge >= 0.3 is 6.43 Å². The van der Waals surface area contributed by atoms with Gasteiger partial charge in [0, 0.05) is 6.61 Å². The number of carbonyl (C=O) groups excluding carboxylic acids is 1. The first-order chi connectivity index (χ1) is 5.70. The number of nitrogens with one attached hydrogen (secondary N) is 1. The lowest BCUT2D eigenvalue weighted by Crippen LogP contribution is -2.43. The summed E-state index contributed by atoms with van der Waals surface area (Å²) in [6, 6.07) is -0.236. The van der Waals surface area contributed by atoms with E-state index >= 15 is 0 Å².